The van der Waals surface area contributed by atoms with Crippen LogP contribution < -0.4 is 24.7 Å². The Hall–Kier alpha value is -5.81. The molecule has 0 fully saturated rings. The Bertz CT molecular complexity index is 2560. The lowest BCUT2D eigenvalue weighted by molar-refractivity contribution is 0.189. The topological polar surface area (TPSA) is 158 Å². The normalized spacial score (nSPS) is 12.2. The van der Waals surface area contributed by atoms with Crippen molar-refractivity contribution in [3.05, 3.63) is 117 Å². The molecule has 13 nitrogen and oxygen atoms in total. The minimum atomic E-state index is -4.04. The number of methoxy groups -OCH3 is 2. The molecule has 0 radical (unpaired) electrons. The Kier molecular flexibility index (Phi) is 9.98. The molecule has 0 saturated carbocycles. The molecule has 0 spiro atoms. The molecule has 0 bridgehead atoms. The van der Waals surface area contributed by atoms with Crippen molar-refractivity contribution in [3.8, 4) is 17.2 Å². The SMILES string of the molecule is COc1ccc(CN(c2nn(C)c3c(-n4c([C@H](Cc5cc(F)cc(F)c5)NC(=O)O)nc5cc(OC)cc(F)c5c4=O)ccc(Cl)c23)S(C)(=O)=O)cc1. The summed E-state index contributed by atoms with van der Waals surface area (Å²) < 4.78 is 84.5. The van der Waals surface area contributed by atoms with E-state index in [2.05, 4.69) is 15.4 Å². The van der Waals surface area contributed by atoms with Crippen molar-refractivity contribution in [3.63, 3.8) is 0 Å². The molecule has 1 atom stereocenters. The number of benzene rings is 4. The molecule has 276 valence electrons. The lowest BCUT2D eigenvalue weighted by atomic mass is 10.0. The highest BCUT2D eigenvalue weighted by atomic mass is 35.5. The van der Waals surface area contributed by atoms with Crippen molar-refractivity contribution >= 4 is 55.3 Å². The molecule has 0 aliphatic carbocycles. The maximum atomic E-state index is 15.7. The zero-order valence-corrected chi connectivity index (χ0v) is 30.0. The molecular formula is C35H30ClF3N6O7S. The van der Waals surface area contributed by atoms with Gasteiger partial charge in [0, 0.05) is 31.7 Å². The van der Waals surface area contributed by atoms with Crippen LogP contribution in [0.1, 0.15) is 23.0 Å². The zero-order chi connectivity index (χ0) is 38.4. The van der Waals surface area contributed by atoms with Gasteiger partial charge in [-0.25, -0.2) is 35.7 Å². The summed E-state index contributed by atoms with van der Waals surface area (Å²) >= 11 is 6.74. The van der Waals surface area contributed by atoms with E-state index in [1.165, 1.54) is 44.1 Å². The average molecular weight is 771 g/mol. The van der Waals surface area contributed by atoms with Gasteiger partial charge in [0.2, 0.25) is 10.0 Å². The zero-order valence-electron chi connectivity index (χ0n) is 28.4. The summed E-state index contributed by atoms with van der Waals surface area (Å²) in [4.78, 5) is 31.2. The van der Waals surface area contributed by atoms with Gasteiger partial charge in [-0.2, -0.15) is 5.10 Å². The lowest BCUT2D eigenvalue weighted by Gasteiger charge is -2.23. The van der Waals surface area contributed by atoms with Gasteiger partial charge < -0.3 is 19.9 Å². The number of aryl methyl sites for hydroxylation is 1. The van der Waals surface area contributed by atoms with Crippen molar-refractivity contribution in [2.45, 2.75) is 19.0 Å². The fraction of sp³-hybridized carbons (Fsp3) is 0.200. The quantitative estimate of drug-likeness (QED) is 0.164. The minimum Gasteiger partial charge on any atom is -0.497 e. The maximum absolute atomic E-state index is 15.7. The Morgan fingerprint density at radius 3 is 2.23 bits per heavy atom. The fourth-order valence-corrected chi connectivity index (χ4v) is 7.16. The number of carboxylic acid groups (broad SMARTS) is 1. The fourth-order valence-electron chi connectivity index (χ4n) is 6.10. The number of hydrogen-bond acceptors (Lipinski definition) is 8. The molecule has 53 heavy (non-hydrogen) atoms. The summed E-state index contributed by atoms with van der Waals surface area (Å²) in [5.41, 5.74) is -0.597. The number of hydrogen-bond donors (Lipinski definition) is 2. The number of fused-ring (bicyclic) bond motifs is 2. The largest absolute Gasteiger partial charge is 0.497 e. The van der Waals surface area contributed by atoms with Gasteiger partial charge in [-0.15, -0.1) is 0 Å². The van der Waals surface area contributed by atoms with Crippen LogP contribution in [0.25, 0.3) is 27.5 Å². The van der Waals surface area contributed by atoms with Gasteiger partial charge in [0.05, 0.1) is 60.2 Å². The first-order valence-corrected chi connectivity index (χ1v) is 17.8. The van der Waals surface area contributed by atoms with Gasteiger partial charge in [0.1, 0.15) is 40.2 Å². The Morgan fingerprint density at radius 2 is 1.62 bits per heavy atom. The highest BCUT2D eigenvalue weighted by Crippen LogP contribution is 2.38. The molecule has 4 aromatic carbocycles. The molecular weight excluding hydrogens is 741 g/mol. The van der Waals surface area contributed by atoms with Crippen LogP contribution in [0.4, 0.5) is 23.8 Å². The Balaban J connectivity index is 1.66. The van der Waals surface area contributed by atoms with Crippen LogP contribution in [0, 0.1) is 17.5 Å². The summed E-state index contributed by atoms with van der Waals surface area (Å²) in [5, 5.41) is 16.3. The van der Waals surface area contributed by atoms with Crippen LogP contribution in [0.2, 0.25) is 5.02 Å². The van der Waals surface area contributed by atoms with Gasteiger partial charge in [-0.1, -0.05) is 23.7 Å². The first-order valence-electron chi connectivity index (χ1n) is 15.6. The van der Waals surface area contributed by atoms with E-state index in [0.717, 1.165) is 33.3 Å². The molecule has 2 N–H and O–H groups in total. The number of aromatic nitrogens is 4. The first kappa shape index (κ1) is 37.0. The van der Waals surface area contributed by atoms with Crippen molar-refractivity contribution in [2.24, 2.45) is 7.05 Å². The minimum absolute atomic E-state index is 0.00318. The van der Waals surface area contributed by atoms with Gasteiger partial charge >= 0.3 is 6.09 Å². The van der Waals surface area contributed by atoms with Crippen LogP contribution in [-0.4, -0.2) is 59.4 Å². The molecule has 6 aromatic rings. The van der Waals surface area contributed by atoms with Crippen LogP contribution in [-0.2, 0) is 30.0 Å². The molecule has 2 aromatic heterocycles. The van der Waals surface area contributed by atoms with Crippen molar-refractivity contribution < 1.29 is 41.0 Å². The van der Waals surface area contributed by atoms with E-state index < -0.39 is 57.0 Å². The standard InChI is InChI=1S/C35H30ClF3N6O7S/c1-43-31-28(10-9-24(36)29(31)33(42-43)44(53(4,49)50)17-18-5-7-22(51-2)8-6-18)45-32(40-26-16-23(52-3)15-25(39)30(26)34(45)46)27(41-35(47)48)13-19-11-20(37)14-21(38)12-19/h5-12,14-16,27,41H,13,17H2,1-4H3,(H,47,48)/t27-/m0/s1. The molecule has 0 unspecified atom stereocenters. The summed E-state index contributed by atoms with van der Waals surface area (Å²) in [5.74, 6) is -2.74. The number of ether oxygens (including phenoxy) is 2. The number of nitrogens with zero attached hydrogens (tertiary/aromatic N) is 5. The average Bonchev–Trinajstić information content (AvgIpc) is 3.43. The molecule has 18 heteroatoms. The second kappa shape index (κ2) is 14.3. The van der Waals surface area contributed by atoms with Gasteiger partial charge in [-0.3, -0.25) is 14.0 Å². The number of halogens is 4. The molecule has 0 aliphatic heterocycles. The van der Waals surface area contributed by atoms with Crippen LogP contribution in [0.5, 0.6) is 11.5 Å². The van der Waals surface area contributed by atoms with Crippen molar-refractivity contribution in [2.75, 3.05) is 24.8 Å². The highest BCUT2D eigenvalue weighted by molar-refractivity contribution is 7.92. The Morgan fingerprint density at radius 1 is 0.962 bits per heavy atom. The second-order valence-electron chi connectivity index (χ2n) is 12.0. The number of anilines is 1. The van der Waals surface area contributed by atoms with E-state index in [4.69, 9.17) is 21.1 Å². The van der Waals surface area contributed by atoms with Crippen LogP contribution >= 0.6 is 11.6 Å². The van der Waals surface area contributed by atoms with E-state index in [0.29, 0.717) is 17.4 Å². The molecule has 6 rings (SSSR count). The number of sulfonamides is 1. The first-order chi connectivity index (χ1) is 25.1. The third-order valence-corrected chi connectivity index (χ3v) is 9.81. The van der Waals surface area contributed by atoms with E-state index in [1.54, 1.807) is 24.3 Å². The van der Waals surface area contributed by atoms with Gasteiger partial charge in [-0.05, 0) is 47.5 Å². The number of carbonyl (C=O) groups is 1. The van der Waals surface area contributed by atoms with Gasteiger partial charge in [0.25, 0.3) is 5.56 Å². The summed E-state index contributed by atoms with van der Waals surface area (Å²) in [6.45, 7) is -0.180. The smallest absolute Gasteiger partial charge is 0.405 e. The molecule has 1 amide bonds. The van der Waals surface area contributed by atoms with Crippen molar-refractivity contribution in [1.82, 2.24) is 24.6 Å². The summed E-state index contributed by atoms with van der Waals surface area (Å²) in [7, 11) is 0.188. The van der Waals surface area contributed by atoms with E-state index in [-0.39, 0.29) is 56.6 Å². The number of rotatable bonds is 11. The monoisotopic (exact) mass is 770 g/mol. The number of amides is 1. The number of nitrogens with one attached hydrogen (secondary N) is 1. The maximum Gasteiger partial charge on any atom is 0.405 e. The van der Waals surface area contributed by atoms with Crippen LogP contribution in [0.3, 0.4) is 0 Å². The van der Waals surface area contributed by atoms with Crippen LogP contribution in [0.15, 0.2) is 71.5 Å². The van der Waals surface area contributed by atoms with Crippen molar-refractivity contribution in [1.29, 1.82) is 0 Å². The lowest BCUT2D eigenvalue weighted by Crippen LogP contribution is -2.35. The third kappa shape index (κ3) is 7.30. The summed E-state index contributed by atoms with van der Waals surface area (Å²) in [6.07, 6.45) is -1.00. The molecule has 0 aliphatic rings. The molecule has 2 heterocycles. The van der Waals surface area contributed by atoms with E-state index >= 15 is 4.39 Å². The van der Waals surface area contributed by atoms with Gasteiger partial charge in [0.15, 0.2) is 5.82 Å². The predicted octanol–water partition coefficient (Wildman–Crippen LogP) is 5.88. The molecule has 0 saturated heterocycles. The second-order valence-corrected chi connectivity index (χ2v) is 14.3. The summed E-state index contributed by atoms with van der Waals surface area (Å²) in [6, 6.07) is 12.8. The highest BCUT2D eigenvalue weighted by Gasteiger charge is 2.30. The van der Waals surface area contributed by atoms with E-state index in [9.17, 15) is 31.9 Å². The third-order valence-electron chi connectivity index (χ3n) is 8.39. The van der Waals surface area contributed by atoms with E-state index in [1.807, 2.05) is 0 Å². The Labute approximate surface area is 304 Å². The predicted molar refractivity (Wildman–Crippen MR) is 191 cm³/mol.